The van der Waals surface area contributed by atoms with E-state index in [0.717, 1.165) is 37.5 Å². The first-order valence-electron chi connectivity index (χ1n) is 8.26. The van der Waals surface area contributed by atoms with Crippen molar-refractivity contribution in [1.29, 1.82) is 0 Å². The molecule has 132 valence electrons. The molecule has 7 nitrogen and oxygen atoms in total. The lowest BCUT2D eigenvalue weighted by molar-refractivity contribution is 0.249. The minimum atomic E-state index is 0. The zero-order valence-corrected chi connectivity index (χ0v) is 16.8. The van der Waals surface area contributed by atoms with Crippen LogP contribution >= 0.6 is 24.0 Å². The Morgan fingerprint density at radius 3 is 2.74 bits per heavy atom. The lowest BCUT2D eigenvalue weighted by Crippen LogP contribution is -2.42. The molecule has 0 aromatic carbocycles. The molecule has 0 spiro atoms. The first-order valence-corrected chi connectivity index (χ1v) is 8.26. The van der Waals surface area contributed by atoms with Crippen molar-refractivity contribution in [2.24, 2.45) is 12.0 Å². The summed E-state index contributed by atoms with van der Waals surface area (Å²) in [7, 11) is 4.11. The molecule has 2 N–H and O–H groups in total. The van der Waals surface area contributed by atoms with E-state index in [1.807, 2.05) is 7.05 Å². The van der Waals surface area contributed by atoms with Crippen LogP contribution in [0.15, 0.2) is 11.3 Å². The third-order valence-electron chi connectivity index (χ3n) is 4.23. The van der Waals surface area contributed by atoms with E-state index in [9.17, 15) is 0 Å². The number of aliphatic imine (C=N–C) groups is 1. The minimum Gasteiger partial charge on any atom is -0.357 e. The maximum atomic E-state index is 4.56. The fourth-order valence-corrected chi connectivity index (χ4v) is 2.83. The molecule has 1 saturated carbocycles. The summed E-state index contributed by atoms with van der Waals surface area (Å²) in [6.07, 6.45) is 7.00. The van der Waals surface area contributed by atoms with Gasteiger partial charge in [-0.15, -0.1) is 24.0 Å². The Bertz CT molecular complexity index is 468. The predicted octanol–water partition coefficient (Wildman–Crippen LogP) is 1.36. The van der Waals surface area contributed by atoms with Gasteiger partial charge in [0.05, 0.1) is 0 Å². The van der Waals surface area contributed by atoms with Gasteiger partial charge in [-0.2, -0.15) is 5.10 Å². The molecule has 0 unspecified atom stereocenters. The van der Waals surface area contributed by atoms with Crippen LogP contribution in [0.25, 0.3) is 0 Å². The fraction of sp³-hybridized carbons (Fsp3) is 0.800. The highest BCUT2D eigenvalue weighted by molar-refractivity contribution is 14.0. The molecule has 2 rings (SSSR count). The van der Waals surface area contributed by atoms with Crippen LogP contribution in [0.2, 0.25) is 0 Å². The maximum Gasteiger partial charge on any atom is 0.191 e. The molecule has 1 aromatic rings. The standard InChI is InChI=1S/C15H29N7.HI/c1-4-16-15(18-11-14-19-12-20-22(14)3)17-9-10-21(2)13-7-5-6-8-13;/h12-13H,4-11H2,1-3H3,(H2,16,17,18);1H. The van der Waals surface area contributed by atoms with Crippen molar-refractivity contribution in [2.75, 3.05) is 26.7 Å². The topological polar surface area (TPSA) is 70.4 Å². The minimum absolute atomic E-state index is 0. The fourth-order valence-electron chi connectivity index (χ4n) is 2.83. The number of hydrogen-bond donors (Lipinski definition) is 2. The van der Waals surface area contributed by atoms with Crippen molar-refractivity contribution in [3.63, 3.8) is 0 Å². The second kappa shape index (κ2) is 10.8. The lowest BCUT2D eigenvalue weighted by Gasteiger charge is -2.24. The molecular formula is C15H30IN7. The first kappa shape index (κ1) is 20.1. The number of aryl methyl sites for hydroxylation is 1. The van der Waals surface area contributed by atoms with Crippen LogP contribution in [0, 0.1) is 0 Å². The lowest BCUT2D eigenvalue weighted by atomic mass is 10.2. The van der Waals surface area contributed by atoms with Crippen molar-refractivity contribution in [2.45, 2.75) is 45.2 Å². The van der Waals surface area contributed by atoms with Gasteiger partial charge in [0.1, 0.15) is 18.7 Å². The molecule has 1 aromatic heterocycles. The average Bonchev–Trinajstić information content (AvgIpc) is 3.16. The van der Waals surface area contributed by atoms with Crippen molar-refractivity contribution < 1.29 is 0 Å². The maximum absolute atomic E-state index is 4.56. The quantitative estimate of drug-likeness (QED) is 0.385. The highest BCUT2D eigenvalue weighted by Crippen LogP contribution is 2.21. The van der Waals surface area contributed by atoms with E-state index < -0.39 is 0 Å². The monoisotopic (exact) mass is 435 g/mol. The van der Waals surface area contributed by atoms with E-state index in [1.165, 1.54) is 25.7 Å². The van der Waals surface area contributed by atoms with E-state index in [4.69, 9.17) is 0 Å². The molecule has 1 aliphatic rings. The molecule has 0 amide bonds. The van der Waals surface area contributed by atoms with Gasteiger partial charge in [0.15, 0.2) is 5.96 Å². The summed E-state index contributed by atoms with van der Waals surface area (Å²) in [5.41, 5.74) is 0. The molecule has 1 aliphatic carbocycles. The van der Waals surface area contributed by atoms with Crippen LogP contribution < -0.4 is 10.6 Å². The third kappa shape index (κ3) is 6.62. The Morgan fingerprint density at radius 1 is 1.39 bits per heavy atom. The number of nitrogens with one attached hydrogen (secondary N) is 2. The molecule has 0 bridgehead atoms. The van der Waals surface area contributed by atoms with Crippen LogP contribution in [-0.4, -0.2) is 58.3 Å². The number of aromatic nitrogens is 3. The van der Waals surface area contributed by atoms with Crippen LogP contribution in [-0.2, 0) is 13.6 Å². The molecule has 8 heteroatoms. The number of guanidine groups is 1. The normalized spacial score (nSPS) is 15.7. The Hall–Kier alpha value is -0.900. The van der Waals surface area contributed by atoms with E-state index in [1.54, 1.807) is 11.0 Å². The van der Waals surface area contributed by atoms with E-state index in [0.29, 0.717) is 6.54 Å². The van der Waals surface area contributed by atoms with Gasteiger partial charge < -0.3 is 15.5 Å². The van der Waals surface area contributed by atoms with Gasteiger partial charge in [0, 0.05) is 32.7 Å². The molecular weight excluding hydrogens is 405 g/mol. The van der Waals surface area contributed by atoms with Gasteiger partial charge in [-0.25, -0.2) is 9.98 Å². The second-order valence-corrected chi connectivity index (χ2v) is 5.84. The summed E-state index contributed by atoms with van der Waals surface area (Å²) >= 11 is 0. The highest BCUT2D eigenvalue weighted by atomic mass is 127. The molecule has 23 heavy (non-hydrogen) atoms. The average molecular weight is 435 g/mol. The van der Waals surface area contributed by atoms with Gasteiger partial charge in [-0.3, -0.25) is 4.68 Å². The molecule has 1 fully saturated rings. The first-order chi connectivity index (χ1) is 10.7. The van der Waals surface area contributed by atoms with Gasteiger partial charge in [-0.05, 0) is 26.8 Å². The second-order valence-electron chi connectivity index (χ2n) is 5.84. The Balaban J connectivity index is 0.00000264. The summed E-state index contributed by atoms with van der Waals surface area (Å²) in [5.74, 6) is 1.70. The molecule has 1 heterocycles. The van der Waals surface area contributed by atoms with Crippen molar-refractivity contribution in [1.82, 2.24) is 30.3 Å². The number of hydrogen-bond acceptors (Lipinski definition) is 4. The molecule has 0 aliphatic heterocycles. The van der Waals surface area contributed by atoms with Gasteiger partial charge >= 0.3 is 0 Å². The number of nitrogens with zero attached hydrogens (tertiary/aromatic N) is 5. The SMILES string of the molecule is CCNC(=NCc1ncnn1C)NCCN(C)C1CCCC1.I. The summed E-state index contributed by atoms with van der Waals surface area (Å²) < 4.78 is 1.75. The summed E-state index contributed by atoms with van der Waals surface area (Å²) in [6.45, 7) is 5.40. The largest absolute Gasteiger partial charge is 0.357 e. The Morgan fingerprint density at radius 2 is 2.13 bits per heavy atom. The zero-order valence-electron chi connectivity index (χ0n) is 14.5. The van der Waals surface area contributed by atoms with Crippen molar-refractivity contribution in [3.8, 4) is 0 Å². The smallest absolute Gasteiger partial charge is 0.191 e. The van der Waals surface area contributed by atoms with Crippen LogP contribution in [0.4, 0.5) is 0 Å². The molecule has 0 saturated heterocycles. The van der Waals surface area contributed by atoms with E-state index in [2.05, 4.69) is 44.6 Å². The summed E-state index contributed by atoms with van der Waals surface area (Å²) in [6, 6.07) is 0.764. The number of likely N-dealkylation sites (N-methyl/N-ethyl adjacent to an activating group) is 1. The summed E-state index contributed by atoms with van der Waals surface area (Å²) in [5, 5.41) is 10.7. The number of halogens is 1. The highest BCUT2D eigenvalue weighted by Gasteiger charge is 2.18. The van der Waals surface area contributed by atoms with E-state index >= 15 is 0 Å². The molecule has 0 radical (unpaired) electrons. The predicted molar refractivity (Wildman–Crippen MR) is 104 cm³/mol. The van der Waals surface area contributed by atoms with Crippen LogP contribution in [0.5, 0.6) is 0 Å². The van der Waals surface area contributed by atoms with Crippen molar-refractivity contribution in [3.05, 3.63) is 12.2 Å². The number of rotatable bonds is 7. The molecule has 0 atom stereocenters. The Labute approximate surface area is 156 Å². The third-order valence-corrected chi connectivity index (χ3v) is 4.23. The van der Waals surface area contributed by atoms with Crippen LogP contribution in [0.1, 0.15) is 38.4 Å². The Kier molecular flexibility index (Phi) is 9.46. The zero-order chi connectivity index (χ0) is 15.8. The van der Waals surface area contributed by atoms with Gasteiger partial charge in [0.2, 0.25) is 0 Å². The van der Waals surface area contributed by atoms with Crippen LogP contribution in [0.3, 0.4) is 0 Å². The van der Waals surface area contributed by atoms with E-state index in [-0.39, 0.29) is 24.0 Å². The van der Waals surface area contributed by atoms with Crippen molar-refractivity contribution >= 4 is 29.9 Å². The van der Waals surface area contributed by atoms with Gasteiger partial charge in [-0.1, -0.05) is 12.8 Å². The van der Waals surface area contributed by atoms with Gasteiger partial charge in [0.25, 0.3) is 0 Å². The summed E-state index contributed by atoms with van der Waals surface area (Å²) in [4.78, 5) is 11.2.